The smallest absolute Gasteiger partial charge is 0.227 e. The Bertz CT molecular complexity index is 1250. The molecule has 0 aliphatic carbocycles. The fourth-order valence-corrected chi connectivity index (χ4v) is 3.45. The van der Waals surface area contributed by atoms with Gasteiger partial charge in [0.2, 0.25) is 11.8 Å². The van der Waals surface area contributed by atoms with Gasteiger partial charge in [-0.25, -0.2) is 13.8 Å². The van der Waals surface area contributed by atoms with Crippen LogP contribution in [-0.2, 0) is 24.3 Å². The molecule has 1 heterocycles. The van der Waals surface area contributed by atoms with E-state index in [4.69, 9.17) is 9.15 Å². The van der Waals surface area contributed by atoms with Crippen LogP contribution in [0, 0.1) is 18.6 Å². The minimum Gasteiger partial charge on any atom is -0.497 e. The number of halogens is 2. The summed E-state index contributed by atoms with van der Waals surface area (Å²) in [4.78, 5) is 19.0. The molecule has 7 heteroatoms. The van der Waals surface area contributed by atoms with Gasteiger partial charge in [-0.2, -0.15) is 0 Å². The third kappa shape index (κ3) is 4.94. The number of benzene rings is 3. The topological polar surface area (TPSA) is 55.6 Å². The number of hydrogen-bond acceptors (Lipinski definition) is 4. The lowest BCUT2D eigenvalue weighted by atomic mass is 10.1. The number of amides is 1. The summed E-state index contributed by atoms with van der Waals surface area (Å²) in [7, 11) is 1.57. The van der Waals surface area contributed by atoms with E-state index in [1.807, 2.05) is 25.1 Å². The van der Waals surface area contributed by atoms with E-state index >= 15 is 0 Å². The van der Waals surface area contributed by atoms with Crippen molar-refractivity contribution in [3.05, 3.63) is 94.9 Å². The first kappa shape index (κ1) is 21.5. The first-order valence-corrected chi connectivity index (χ1v) is 10.1. The fourth-order valence-electron chi connectivity index (χ4n) is 3.45. The Morgan fingerprint density at radius 1 is 1.03 bits per heavy atom. The second-order valence-corrected chi connectivity index (χ2v) is 7.59. The average molecular weight is 436 g/mol. The number of nitrogens with zero attached hydrogens (tertiary/aromatic N) is 2. The van der Waals surface area contributed by atoms with Gasteiger partial charge in [0.15, 0.2) is 5.58 Å². The van der Waals surface area contributed by atoms with Crippen molar-refractivity contribution in [1.82, 2.24) is 9.88 Å². The van der Waals surface area contributed by atoms with Crippen LogP contribution in [0.2, 0.25) is 0 Å². The van der Waals surface area contributed by atoms with Crippen molar-refractivity contribution in [3.63, 3.8) is 0 Å². The van der Waals surface area contributed by atoms with Gasteiger partial charge in [-0.1, -0.05) is 18.2 Å². The van der Waals surface area contributed by atoms with E-state index in [0.29, 0.717) is 22.7 Å². The number of methoxy groups -OCH3 is 1. The molecule has 0 unspecified atom stereocenters. The van der Waals surface area contributed by atoms with Gasteiger partial charge in [0, 0.05) is 12.1 Å². The van der Waals surface area contributed by atoms with E-state index in [1.165, 1.54) is 4.90 Å². The first-order chi connectivity index (χ1) is 15.4. The molecule has 0 bridgehead atoms. The van der Waals surface area contributed by atoms with Gasteiger partial charge < -0.3 is 14.1 Å². The van der Waals surface area contributed by atoms with Crippen molar-refractivity contribution in [2.45, 2.75) is 26.4 Å². The first-order valence-electron chi connectivity index (χ1n) is 10.1. The Labute approximate surface area is 184 Å². The quantitative estimate of drug-likeness (QED) is 0.400. The minimum absolute atomic E-state index is 0.0265. The summed E-state index contributed by atoms with van der Waals surface area (Å²) in [5.41, 5.74) is 3.17. The van der Waals surface area contributed by atoms with E-state index in [2.05, 4.69) is 4.98 Å². The Balaban J connectivity index is 1.61. The number of fused-ring (bicyclic) bond motifs is 1. The normalized spacial score (nSPS) is 11.0. The zero-order valence-electron chi connectivity index (χ0n) is 17.8. The summed E-state index contributed by atoms with van der Waals surface area (Å²) < 4.78 is 38.9. The lowest BCUT2D eigenvalue weighted by Gasteiger charge is -2.22. The van der Waals surface area contributed by atoms with Crippen LogP contribution in [0.25, 0.3) is 11.1 Å². The third-order valence-electron chi connectivity index (χ3n) is 5.15. The molecule has 0 aliphatic heterocycles. The largest absolute Gasteiger partial charge is 0.497 e. The van der Waals surface area contributed by atoms with Gasteiger partial charge in [-0.3, -0.25) is 4.79 Å². The number of aromatic nitrogens is 1. The highest BCUT2D eigenvalue weighted by molar-refractivity contribution is 5.79. The highest BCUT2D eigenvalue weighted by atomic mass is 19.1. The lowest BCUT2D eigenvalue weighted by Crippen LogP contribution is -2.32. The monoisotopic (exact) mass is 436 g/mol. The van der Waals surface area contributed by atoms with Gasteiger partial charge in [0.1, 0.15) is 22.9 Å². The number of ether oxygens (including phenoxy) is 1. The van der Waals surface area contributed by atoms with Crippen molar-refractivity contribution in [2.75, 3.05) is 7.11 Å². The molecular formula is C25H22F2N2O3. The SMILES string of the molecule is COc1ccc(CC(=O)N(Cc2nc3cc(C)ccc3o2)Cc2cc(F)ccc2F)cc1. The average Bonchev–Trinajstić information content (AvgIpc) is 3.17. The zero-order valence-corrected chi connectivity index (χ0v) is 17.8. The molecule has 0 saturated carbocycles. The summed E-state index contributed by atoms with van der Waals surface area (Å²) in [6.45, 7) is 1.86. The maximum Gasteiger partial charge on any atom is 0.227 e. The maximum atomic E-state index is 14.3. The van der Waals surface area contributed by atoms with Gasteiger partial charge in [0.25, 0.3) is 0 Å². The van der Waals surface area contributed by atoms with Crippen molar-refractivity contribution < 1.29 is 22.7 Å². The zero-order chi connectivity index (χ0) is 22.7. The summed E-state index contributed by atoms with van der Waals surface area (Å²) in [5.74, 6) is -0.410. The summed E-state index contributed by atoms with van der Waals surface area (Å²) in [6.07, 6.45) is 0.0836. The molecule has 4 aromatic rings. The minimum atomic E-state index is -0.582. The lowest BCUT2D eigenvalue weighted by molar-refractivity contribution is -0.132. The van der Waals surface area contributed by atoms with Crippen LogP contribution in [0.5, 0.6) is 5.75 Å². The molecule has 0 radical (unpaired) electrons. The van der Waals surface area contributed by atoms with Crippen LogP contribution in [0.1, 0.15) is 22.6 Å². The summed E-state index contributed by atoms with van der Waals surface area (Å²) in [5, 5.41) is 0. The van der Waals surface area contributed by atoms with Crippen LogP contribution in [0.4, 0.5) is 8.78 Å². The number of carbonyl (C=O) groups excluding carboxylic acids is 1. The highest BCUT2D eigenvalue weighted by Gasteiger charge is 2.20. The molecule has 0 spiro atoms. The Kier molecular flexibility index (Phi) is 6.16. The van der Waals surface area contributed by atoms with Crippen LogP contribution < -0.4 is 4.74 Å². The molecule has 4 rings (SSSR count). The Morgan fingerprint density at radius 3 is 2.56 bits per heavy atom. The molecular weight excluding hydrogens is 414 g/mol. The van der Waals surface area contributed by atoms with Crippen molar-refractivity contribution in [2.24, 2.45) is 0 Å². The Hall–Kier alpha value is -3.74. The van der Waals surface area contributed by atoms with Crippen LogP contribution >= 0.6 is 0 Å². The second kappa shape index (κ2) is 9.18. The molecule has 0 N–H and O–H groups in total. The van der Waals surface area contributed by atoms with Gasteiger partial charge in [-0.05, 0) is 60.5 Å². The summed E-state index contributed by atoms with van der Waals surface area (Å²) in [6, 6.07) is 15.9. The predicted molar refractivity (Wildman–Crippen MR) is 116 cm³/mol. The second-order valence-electron chi connectivity index (χ2n) is 7.59. The number of rotatable bonds is 7. The number of aryl methyl sites for hydroxylation is 1. The molecule has 1 aromatic heterocycles. The van der Waals surface area contributed by atoms with Gasteiger partial charge in [-0.15, -0.1) is 0 Å². The number of oxazole rings is 1. The molecule has 0 fully saturated rings. The van der Waals surface area contributed by atoms with Crippen molar-refractivity contribution in [1.29, 1.82) is 0 Å². The van der Waals surface area contributed by atoms with Crippen LogP contribution in [0.15, 0.2) is 65.1 Å². The van der Waals surface area contributed by atoms with E-state index in [-0.39, 0.29) is 31.0 Å². The van der Waals surface area contributed by atoms with Crippen LogP contribution in [-0.4, -0.2) is 22.9 Å². The van der Waals surface area contributed by atoms with Crippen molar-refractivity contribution >= 4 is 17.0 Å². The Morgan fingerprint density at radius 2 is 1.81 bits per heavy atom. The van der Waals surface area contributed by atoms with E-state index in [0.717, 1.165) is 29.3 Å². The summed E-state index contributed by atoms with van der Waals surface area (Å²) >= 11 is 0. The molecule has 0 aliphatic rings. The molecule has 1 amide bonds. The van der Waals surface area contributed by atoms with Gasteiger partial charge >= 0.3 is 0 Å². The molecule has 164 valence electrons. The van der Waals surface area contributed by atoms with Crippen LogP contribution in [0.3, 0.4) is 0 Å². The van der Waals surface area contributed by atoms with Crippen molar-refractivity contribution in [3.8, 4) is 5.75 Å². The molecule has 3 aromatic carbocycles. The number of hydrogen-bond donors (Lipinski definition) is 0. The van der Waals surface area contributed by atoms with E-state index < -0.39 is 11.6 Å². The van der Waals surface area contributed by atoms with E-state index in [9.17, 15) is 13.6 Å². The standard InChI is InChI=1S/C25H22F2N2O3/c1-16-3-10-23-22(11-16)28-24(32-23)15-29(14-18-13-19(26)6-9-21(18)27)25(30)12-17-4-7-20(31-2)8-5-17/h3-11,13H,12,14-15H2,1-2H3. The van der Waals surface area contributed by atoms with E-state index in [1.54, 1.807) is 31.4 Å². The molecule has 5 nitrogen and oxygen atoms in total. The molecule has 0 atom stereocenters. The molecule has 0 saturated heterocycles. The van der Waals surface area contributed by atoms with Gasteiger partial charge in [0.05, 0.1) is 20.1 Å². The fraction of sp³-hybridized carbons (Fsp3) is 0.200. The number of carbonyl (C=O) groups is 1. The third-order valence-corrected chi connectivity index (χ3v) is 5.15. The predicted octanol–water partition coefficient (Wildman–Crippen LogP) is 5.19. The maximum absolute atomic E-state index is 14.3. The molecule has 32 heavy (non-hydrogen) atoms. The highest BCUT2D eigenvalue weighted by Crippen LogP contribution is 2.21.